The van der Waals surface area contributed by atoms with Gasteiger partial charge < -0.3 is 25.1 Å². The molecule has 2 aromatic carbocycles. The van der Waals surface area contributed by atoms with Gasteiger partial charge in [-0.2, -0.15) is 0 Å². The summed E-state index contributed by atoms with van der Waals surface area (Å²) in [5, 5.41) is 8.57. The Labute approximate surface area is 179 Å². The third-order valence-electron chi connectivity index (χ3n) is 4.27. The van der Waals surface area contributed by atoms with E-state index in [1.165, 1.54) is 6.26 Å². The number of benzene rings is 2. The maximum atomic E-state index is 12.3. The van der Waals surface area contributed by atoms with E-state index in [2.05, 4.69) is 16.0 Å². The van der Waals surface area contributed by atoms with Gasteiger partial charge in [0, 0.05) is 11.7 Å². The Morgan fingerprint density at radius 2 is 1.93 bits per heavy atom. The van der Waals surface area contributed by atoms with Gasteiger partial charge in [-0.1, -0.05) is 23.7 Å². The van der Waals surface area contributed by atoms with Gasteiger partial charge in [0.2, 0.25) is 0 Å². The number of carbonyl (C=O) groups excluding carboxylic acids is 2. The summed E-state index contributed by atoms with van der Waals surface area (Å²) < 4.78 is 10.3. The van der Waals surface area contributed by atoms with Crippen LogP contribution in [0.1, 0.15) is 23.0 Å². The molecular formula is C22H22ClN3O4. The molecule has 0 bridgehead atoms. The second kappa shape index (κ2) is 9.84. The Balaban J connectivity index is 1.54. The van der Waals surface area contributed by atoms with Crippen molar-refractivity contribution in [3.8, 4) is 5.75 Å². The fraction of sp³-hybridized carbons (Fsp3) is 0.182. The quantitative estimate of drug-likeness (QED) is 0.497. The molecule has 30 heavy (non-hydrogen) atoms. The maximum absolute atomic E-state index is 12.3. The molecule has 1 aromatic heterocycles. The molecule has 0 aliphatic heterocycles. The van der Waals surface area contributed by atoms with Crippen molar-refractivity contribution in [1.29, 1.82) is 0 Å². The number of ether oxygens (including phenoxy) is 1. The number of furan rings is 1. The minimum absolute atomic E-state index is 0.0977. The van der Waals surface area contributed by atoms with Crippen molar-refractivity contribution in [3.05, 3.63) is 77.2 Å². The molecule has 3 N–H and O–H groups in total. The van der Waals surface area contributed by atoms with Crippen LogP contribution in [0.25, 0.3) is 0 Å². The summed E-state index contributed by atoms with van der Waals surface area (Å²) in [6, 6.07) is 15.2. The number of halogens is 1. The Kier molecular flexibility index (Phi) is 6.98. The molecule has 1 unspecified atom stereocenters. The number of carbonyl (C=O) groups is 2. The Morgan fingerprint density at radius 1 is 1.10 bits per heavy atom. The third kappa shape index (κ3) is 5.78. The van der Waals surface area contributed by atoms with E-state index < -0.39 is 5.91 Å². The second-order valence-corrected chi connectivity index (χ2v) is 7.09. The van der Waals surface area contributed by atoms with Gasteiger partial charge in [-0.25, -0.2) is 4.79 Å². The number of nitrogens with one attached hydrogen (secondary N) is 3. The van der Waals surface area contributed by atoms with Crippen LogP contribution in [0.4, 0.5) is 16.2 Å². The van der Waals surface area contributed by atoms with Crippen LogP contribution in [0.2, 0.25) is 5.02 Å². The van der Waals surface area contributed by atoms with Crippen molar-refractivity contribution in [3.63, 3.8) is 0 Å². The minimum Gasteiger partial charge on any atom is -0.497 e. The van der Waals surface area contributed by atoms with Crippen molar-refractivity contribution in [1.82, 2.24) is 5.32 Å². The number of methoxy groups -OCH3 is 1. The minimum atomic E-state index is -0.410. The summed E-state index contributed by atoms with van der Waals surface area (Å²) in [4.78, 5) is 24.3. The number of rotatable bonds is 7. The average molecular weight is 428 g/mol. The molecule has 0 saturated heterocycles. The molecule has 1 atom stereocenters. The van der Waals surface area contributed by atoms with E-state index in [0.29, 0.717) is 17.8 Å². The van der Waals surface area contributed by atoms with Gasteiger partial charge in [0.25, 0.3) is 5.91 Å². The van der Waals surface area contributed by atoms with E-state index in [9.17, 15) is 9.59 Å². The fourth-order valence-electron chi connectivity index (χ4n) is 2.88. The van der Waals surface area contributed by atoms with Crippen molar-refractivity contribution in [2.75, 3.05) is 17.7 Å². The first kappa shape index (κ1) is 21.3. The van der Waals surface area contributed by atoms with Crippen molar-refractivity contribution >= 4 is 34.9 Å². The highest BCUT2D eigenvalue weighted by Gasteiger charge is 2.13. The number of anilines is 2. The van der Waals surface area contributed by atoms with Crippen LogP contribution >= 0.6 is 11.6 Å². The third-order valence-corrected chi connectivity index (χ3v) is 4.59. The smallest absolute Gasteiger partial charge is 0.319 e. The molecule has 3 aromatic rings. The fourth-order valence-corrected chi connectivity index (χ4v) is 3.11. The van der Waals surface area contributed by atoms with Crippen molar-refractivity contribution in [2.45, 2.75) is 19.4 Å². The predicted octanol–water partition coefficient (Wildman–Crippen LogP) is 4.95. The van der Waals surface area contributed by atoms with Crippen LogP contribution in [0.15, 0.2) is 65.3 Å². The highest BCUT2D eigenvalue weighted by Crippen LogP contribution is 2.26. The van der Waals surface area contributed by atoms with Gasteiger partial charge >= 0.3 is 6.03 Å². The first-order chi connectivity index (χ1) is 14.4. The molecule has 0 spiro atoms. The van der Waals surface area contributed by atoms with Gasteiger partial charge in [0.05, 0.1) is 24.1 Å². The summed E-state index contributed by atoms with van der Waals surface area (Å²) in [6.07, 6.45) is 2.07. The molecule has 0 aliphatic carbocycles. The zero-order valence-corrected chi connectivity index (χ0v) is 17.3. The zero-order valence-electron chi connectivity index (χ0n) is 16.6. The lowest BCUT2D eigenvalue weighted by Crippen LogP contribution is -2.37. The summed E-state index contributed by atoms with van der Waals surface area (Å²) >= 11 is 6.23. The van der Waals surface area contributed by atoms with Gasteiger partial charge in [0.1, 0.15) is 5.75 Å². The molecule has 3 rings (SSSR count). The Hall–Kier alpha value is -3.45. The van der Waals surface area contributed by atoms with E-state index in [4.69, 9.17) is 20.8 Å². The Bertz CT molecular complexity index is 1020. The highest BCUT2D eigenvalue weighted by atomic mass is 35.5. The summed E-state index contributed by atoms with van der Waals surface area (Å²) in [5.74, 6) is 0.544. The van der Waals surface area contributed by atoms with Crippen molar-refractivity contribution < 1.29 is 18.7 Å². The summed E-state index contributed by atoms with van der Waals surface area (Å²) in [5.41, 5.74) is 1.97. The highest BCUT2D eigenvalue weighted by molar-refractivity contribution is 6.34. The first-order valence-corrected chi connectivity index (χ1v) is 9.67. The first-order valence-electron chi connectivity index (χ1n) is 9.29. The van der Waals surface area contributed by atoms with Gasteiger partial charge in [-0.05, 0) is 61.4 Å². The van der Waals surface area contributed by atoms with Crippen LogP contribution in [0.5, 0.6) is 5.75 Å². The van der Waals surface area contributed by atoms with Crippen LogP contribution in [0.3, 0.4) is 0 Å². The SMILES string of the molecule is COc1cccc(CC(C)NC(=O)Nc2ccc(NC(=O)c3ccco3)c(Cl)c2)c1. The molecule has 0 radical (unpaired) electrons. The lowest BCUT2D eigenvalue weighted by molar-refractivity contribution is 0.0996. The number of amides is 3. The van der Waals surface area contributed by atoms with E-state index >= 15 is 0 Å². The standard InChI is InChI=1S/C22H22ClN3O4/c1-14(11-15-5-3-6-17(12-15)29-2)24-22(28)25-16-8-9-19(18(23)13-16)26-21(27)20-7-4-10-30-20/h3-10,12-14H,11H2,1-2H3,(H,26,27)(H2,24,25,28). The lowest BCUT2D eigenvalue weighted by atomic mass is 10.1. The average Bonchev–Trinajstić information content (AvgIpc) is 3.25. The Morgan fingerprint density at radius 3 is 2.63 bits per heavy atom. The predicted molar refractivity (Wildman–Crippen MR) is 116 cm³/mol. The number of hydrogen-bond donors (Lipinski definition) is 3. The second-order valence-electron chi connectivity index (χ2n) is 6.68. The lowest BCUT2D eigenvalue weighted by Gasteiger charge is -2.16. The molecule has 3 amide bonds. The molecule has 156 valence electrons. The molecule has 0 fully saturated rings. The number of hydrogen-bond acceptors (Lipinski definition) is 4. The van der Waals surface area contributed by atoms with Crippen molar-refractivity contribution in [2.24, 2.45) is 0 Å². The van der Waals surface area contributed by atoms with Crippen LogP contribution < -0.4 is 20.7 Å². The van der Waals surface area contributed by atoms with E-state index in [-0.39, 0.29) is 22.9 Å². The summed E-state index contributed by atoms with van der Waals surface area (Å²) in [6.45, 7) is 1.92. The van der Waals surface area contributed by atoms with E-state index in [1.807, 2.05) is 31.2 Å². The molecule has 7 nitrogen and oxygen atoms in total. The topological polar surface area (TPSA) is 92.6 Å². The molecule has 8 heteroatoms. The molecule has 0 aliphatic rings. The van der Waals surface area contributed by atoms with Gasteiger partial charge in [-0.15, -0.1) is 0 Å². The molecular weight excluding hydrogens is 406 g/mol. The maximum Gasteiger partial charge on any atom is 0.319 e. The number of urea groups is 1. The molecule has 1 heterocycles. The van der Waals surface area contributed by atoms with Crippen LogP contribution in [0, 0.1) is 0 Å². The van der Waals surface area contributed by atoms with Crippen LogP contribution in [-0.2, 0) is 6.42 Å². The normalized spacial score (nSPS) is 11.4. The zero-order chi connectivity index (χ0) is 21.5. The van der Waals surface area contributed by atoms with Gasteiger partial charge in [-0.3, -0.25) is 4.79 Å². The largest absolute Gasteiger partial charge is 0.497 e. The van der Waals surface area contributed by atoms with Crippen LogP contribution in [-0.4, -0.2) is 25.1 Å². The van der Waals surface area contributed by atoms with E-state index in [0.717, 1.165) is 11.3 Å². The van der Waals surface area contributed by atoms with Gasteiger partial charge in [0.15, 0.2) is 5.76 Å². The molecule has 0 saturated carbocycles. The summed E-state index contributed by atoms with van der Waals surface area (Å²) in [7, 11) is 1.62. The van der Waals surface area contributed by atoms with E-state index in [1.54, 1.807) is 37.4 Å². The monoisotopic (exact) mass is 427 g/mol.